The molecule has 0 aliphatic rings. The summed E-state index contributed by atoms with van der Waals surface area (Å²) in [7, 11) is 0. The Morgan fingerprint density at radius 2 is 1.81 bits per heavy atom. The summed E-state index contributed by atoms with van der Waals surface area (Å²) >= 11 is 5.29. The van der Waals surface area contributed by atoms with Crippen LogP contribution in [0, 0.1) is 0 Å². The van der Waals surface area contributed by atoms with E-state index >= 15 is 0 Å². The van der Waals surface area contributed by atoms with Gasteiger partial charge < -0.3 is 10.1 Å². The summed E-state index contributed by atoms with van der Waals surface area (Å²) in [6.07, 6.45) is 2.10. The van der Waals surface area contributed by atoms with Gasteiger partial charge in [0.05, 0.1) is 6.61 Å². The standard InChI is InChI=1S/C21H26N2O2S/c1-4-5-14-25-17-12-10-16(11-13-17)20(24)23-21(26)22-19-9-7-6-8-18(19)15(2)3/h6-13,15H,4-5,14H2,1-3H3,(H2,22,23,24,26). The van der Waals surface area contributed by atoms with Crippen molar-refractivity contribution in [3.8, 4) is 5.75 Å². The highest BCUT2D eigenvalue weighted by Crippen LogP contribution is 2.23. The molecule has 0 atom stereocenters. The van der Waals surface area contributed by atoms with Crippen LogP contribution in [-0.4, -0.2) is 17.6 Å². The van der Waals surface area contributed by atoms with E-state index < -0.39 is 0 Å². The molecule has 0 aliphatic heterocycles. The maximum Gasteiger partial charge on any atom is 0.257 e. The van der Waals surface area contributed by atoms with Gasteiger partial charge in [-0.25, -0.2) is 0 Å². The molecule has 26 heavy (non-hydrogen) atoms. The molecule has 2 aromatic rings. The minimum Gasteiger partial charge on any atom is -0.494 e. The first-order valence-corrected chi connectivity index (χ1v) is 9.36. The molecule has 0 aromatic heterocycles. The molecule has 0 saturated carbocycles. The molecule has 2 N–H and O–H groups in total. The highest BCUT2D eigenvalue weighted by Gasteiger charge is 2.11. The molecule has 138 valence electrons. The number of carbonyl (C=O) groups is 1. The molecular formula is C21H26N2O2S. The monoisotopic (exact) mass is 370 g/mol. The largest absolute Gasteiger partial charge is 0.494 e. The van der Waals surface area contributed by atoms with Crippen LogP contribution in [0.25, 0.3) is 0 Å². The molecule has 2 rings (SSSR count). The molecule has 0 fully saturated rings. The van der Waals surface area contributed by atoms with Crippen molar-refractivity contribution in [2.75, 3.05) is 11.9 Å². The third-order valence-electron chi connectivity index (χ3n) is 3.94. The van der Waals surface area contributed by atoms with Gasteiger partial charge in [0.2, 0.25) is 0 Å². The smallest absolute Gasteiger partial charge is 0.257 e. The van der Waals surface area contributed by atoms with Gasteiger partial charge in [-0.3, -0.25) is 10.1 Å². The van der Waals surface area contributed by atoms with Gasteiger partial charge in [0.15, 0.2) is 5.11 Å². The van der Waals surface area contributed by atoms with Crippen LogP contribution in [0.3, 0.4) is 0 Å². The second-order valence-corrected chi connectivity index (χ2v) is 6.78. The van der Waals surface area contributed by atoms with Gasteiger partial charge in [-0.1, -0.05) is 45.4 Å². The number of rotatable bonds is 7. The summed E-state index contributed by atoms with van der Waals surface area (Å²) in [6.45, 7) is 7.04. The van der Waals surface area contributed by atoms with E-state index in [2.05, 4.69) is 37.5 Å². The van der Waals surface area contributed by atoms with Crippen molar-refractivity contribution in [3.63, 3.8) is 0 Å². The third-order valence-corrected chi connectivity index (χ3v) is 4.15. The highest BCUT2D eigenvalue weighted by atomic mass is 32.1. The van der Waals surface area contributed by atoms with E-state index in [1.165, 1.54) is 0 Å². The minimum atomic E-state index is -0.246. The summed E-state index contributed by atoms with van der Waals surface area (Å²) in [6, 6.07) is 15.0. The Kier molecular flexibility index (Phi) is 7.60. The lowest BCUT2D eigenvalue weighted by Gasteiger charge is -2.15. The molecule has 0 heterocycles. The Morgan fingerprint density at radius 1 is 1.12 bits per heavy atom. The molecule has 0 aliphatic carbocycles. The van der Waals surface area contributed by atoms with E-state index in [0.717, 1.165) is 29.8 Å². The predicted octanol–water partition coefficient (Wildman–Crippen LogP) is 5.12. The van der Waals surface area contributed by atoms with Crippen molar-refractivity contribution in [1.82, 2.24) is 5.32 Å². The first-order chi connectivity index (χ1) is 12.5. The molecule has 5 heteroatoms. The summed E-state index contributed by atoms with van der Waals surface area (Å²) < 4.78 is 5.61. The average Bonchev–Trinajstić information content (AvgIpc) is 2.62. The van der Waals surface area contributed by atoms with Crippen molar-refractivity contribution in [2.45, 2.75) is 39.5 Å². The number of carbonyl (C=O) groups excluding carboxylic acids is 1. The Labute approximate surface area is 161 Å². The van der Waals surface area contributed by atoms with Crippen molar-refractivity contribution in [2.24, 2.45) is 0 Å². The van der Waals surface area contributed by atoms with Gasteiger partial charge in [-0.15, -0.1) is 0 Å². The maximum absolute atomic E-state index is 12.4. The van der Waals surface area contributed by atoms with E-state index in [-0.39, 0.29) is 11.0 Å². The number of ether oxygens (including phenoxy) is 1. The van der Waals surface area contributed by atoms with Crippen LogP contribution >= 0.6 is 12.2 Å². The lowest BCUT2D eigenvalue weighted by atomic mass is 10.0. The molecular weight excluding hydrogens is 344 g/mol. The van der Waals surface area contributed by atoms with Crippen molar-refractivity contribution < 1.29 is 9.53 Å². The topological polar surface area (TPSA) is 50.4 Å². The zero-order valence-corrected chi connectivity index (χ0v) is 16.4. The normalized spacial score (nSPS) is 10.5. The van der Waals surface area contributed by atoms with E-state index in [1.54, 1.807) is 24.3 Å². The van der Waals surface area contributed by atoms with Crippen LogP contribution in [0.15, 0.2) is 48.5 Å². The van der Waals surface area contributed by atoms with Crippen LogP contribution in [-0.2, 0) is 0 Å². The Morgan fingerprint density at radius 3 is 2.46 bits per heavy atom. The number of anilines is 1. The number of thiocarbonyl (C=S) groups is 1. The summed E-state index contributed by atoms with van der Waals surface area (Å²) in [4.78, 5) is 12.4. The molecule has 0 spiro atoms. The molecule has 1 amide bonds. The number of nitrogens with one attached hydrogen (secondary N) is 2. The number of amides is 1. The van der Waals surface area contributed by atoms with Gasteiger partial charge in [0, 0.05) is 11.3 Å². The van der Waals surface area contributed by atoms with Gasteiger partial charge in [-0.05, 0) is 60.5 Å². The fraction of sp³-hybridized carbons (Fsp3) is 0.333. The fourth-order valence-electron chi connectivity index (χ4n) is 2.48. The van der Waals surface area contributed by atoms with Gasteiger partial charge in [0.25, 0.3) is 5.91 Å². The van der Waals surface area contributed by atoms with Crippen molar-refractivity contribution in [1.29, 1.82) is 0 Å². The van der Waals surface area contributed by atoms with Gasteiger partial charge in [0.1, 0.15) is 5.75 Å². The van der Waals surface area contributed by atoms with Crippen LogP contribution in [0.4, 0.5) is 5.69 Å². The molecule has 0 radical (unpaired) electrons. The van der Waals surface area contributed by atoms with Crippen LogP contribution in [0.5, 0.6) is 5.75 Å². The molecule has 0 saturated heterocycles. The first-order valence-electron chi connectivity index (χ1n) is 8.95. The number of hydrogen-bond donors (Lipinski definition) is 2. The predicted molar refractivity (Wildman–Crippen MR) is 111 cm³/mol. The number of hydrogen-bond acceptors (Lipinski definition) is 3. The number of benzene rings is 2. The van der Waals surface area contributed by atoms with Crippen molar-refractivity contribution >= 4 is 28.9 Å². The molecule has 2 aromatic carbocycles. The minimum absolute atomic E-state index is 0.246. The van der Waals surface area contributed by atoms with E-state index in [0.29, 0.717) is 18.1 Å². The van der Waals surface area contributed by atoms with Crippen LogP contribution < -0.4 is 15.4 Å². The molecule has 0 bridgehead atoms. The maximum atomic E-state index is 12.4. The third kappa shape index (κ3) is 5.85. The lowest BCUT2D eigenvalue weighted by molar-refractivity contribution is 0.0977. The highest BCUT2D eigenvalue weighted by molar-refractivity contribution is 7.80. The van der Waals surface area contributed by atoms with Gasteiger partial charge in [-0.2, -0.15) is 0 Å². The summed E-state index contributed by atoms with van der Waals surface area (Å²) in [5.41, 5.74) is 2.60. The zero-order valence-electron chi connectivity index (χ0n) is 15.5. The molecule has 4 nitrogen and oxygen atoms in total. The Bertz CT molecular complexity index is 742. The Hall–Kier alpha value is -2.40. The second-order valence-electron chi connectivity index (χ2n) is 6.38. The summed E-state index contributed by atoms with van der Waals surface area (Å²) in [5.74, 6) is 0.878. The van der Waals surface area contributed by atoms with Crippen LogP contribution in [0.1, 0.15) is 55.5 Å². The SMILES string of the molecule is CCCCOc1ccc(C(=O)NC(=S)Nc2ccccc2C(C)C)cc1. The van der Waals surface area contributed by atoms with Gasteiger partial charge >= 0.3 is 0 Å². The van der Waals surface area contributed by atoms with Crippen LogP contribution in [0.2, 0.25) is 0 Å². The fourth-order valence-corrected chi connectivity index (χ4v) is 2.68. The van der Waals surface area contributed by atoms with E-state index in [9.17, 15) is 4.79 Å². The zero-order chi connectivity index (χ0) is 18.9. The molecule has 0 unspecified atom stereocenters. The van der Waals surface area contributed by atoms with E-state index in [4.69, 9.17) is 17.0 Å². The number of unbranched alkanes of at least 4 members (excludes halogenated alkanes) is 1. The second kappa shape index (κ2) is 9.92. The first kappa shape index (κ1) is 19.9. The summed E-state index contributed by atoms with van der Waals surface area (Å²) in [5, 5.41) is 6.12. The number of para-hydroxylation sites is 1. The lowest BCUT2D eigenvalue weighted by Crippen LogP contribution is -2.34. The Balaban J connectivity index is 1.94. The van der Waals surface area contributed by atoms with E-state index in [1.807, 2.05) is 18.2 Å². The quantitative estimate of drug-likeness (QED) is 0.525. The van der Waals surface area contributed by atoms with Crippen molar-refractivity contribution in [3.05, 3.63) is 59.7 Å². The average molecular weight is 371 g/mol.